The number of rotatable bonds is 1. The monoisotopic (exact) mass is 182 g/mol. The van der Waals surface area contributed by atoms with Gasteiger partial charge in [-0.2, -0.15) is 0 Å². The van der Waals surface area contributed by atoms with Crippen LogP contribution in [0.3, 0.4) is 0 Å². The molecule has 3 aliphatic rings. The first-order chi connectivity index (χ1) is 6.43. The Bertz CT molecular complexity index is 193. The third kappa shape index (κ3) is 1.39. The Hall–Kier alpha value is -0.120. The van der Waals surface area contributed by atoms with Crippen molar-refractivity contribution < 1.29 is 4.74 Å². The van der Waals surface area contributed by atoms with Gasteiger partial charge in [0, 0.05) is 19.1 Å². The van der Waals surface area contributed by atoms with Crippen molar-refractivity contribution in [2.75, 3.05) is 32.8 Å². The number of nitrogens with one attached hydrogen (secondary N) is 1. The van der Waals surface area contributed by atoms with E-state index in [4.69, 9.17) is 4.74 Å². The zero-order valence-electron chi connectivity index (χ0n) is 8.04. The summed E-state index contributed by atoms with van der Waals surface area (Å²) in [5, 5.41) is 3.53. The van der Waals surface area contributed by atoms with Crippen LogP contribution in [-0.4, -0.2) is 49.8 Å². The Kier molecular flexibility index (Phi) is 2.04. The molecule has 2 atom stereocenters. The fourth-order valence-electron chi connectivity index (χ4n) is 2.89. The van der Waals surface area contributed by atoms with Gasteiger partial charge in [-0.05, 0) is 25.3 Å². The summed E-state index contributed by atoms with van der Waals surface area (Å²) in [6.07, 6.45) is 2.80. The van der Waals surface area contributed by atoms with Crippen molar-refractivity contribution in [3.63, 3.8) is 0 Å². The van der Waals surface area contributed by atoms with Crippen molar-refractivity contribution in [1.29, 1.82) is 0 Å². The van der Waals surface area contributed by atoms with Crippen molar-refractivity contribution in [2.45, 2.75) is 24.9 Å². The van der Waals surface area contributed by atoms with E-state index in [1.807, 2.05) is 0 Å². The predicted molar refractivity (Wildman–Crippen MR) is 50.7 cm³/mol. The molecule has 0 saturated carbocycles. The minimum absolute atomic E-state index is 0.745. The minimum atomic E-state index is 0.745. The molecule has 3 heterocycles. The van der Waals surface area contributed by atoms with Gasteiger partial charge in [0.05, 0.1) is 19.3 Å². The van der Waals surface area contributed by atoms with Crippen LogP contribution in [0.25, 0.3) is 0 Å². The SMILES string of the molecule is C1CC2CC(CN1)N(C1COC1)C2. The van der Waals surface area contributed by atoms with E-state index in [-0.39, 0.29) is 0 Å². The van der Waals surface area contributed by atoms with Gasteiger partial charge in [-0.3, -0.25) is 4.90 Å². The van der Waals surface area contributed by atoms with Gasteiger partial charge in [-0.15, -0.1) is 0 Å². The first-order valence-electron chi connectivity index (χ1n) is 5.47. The van der Waals surface area contributed by atoms with Crippen molar-refractivity contribution in [3.8, 4) is 0 Å². The average Bonchev–Trinajstić information content (AvgIpc) is 2.28. The number of fused-ring (bicyclic) bond motifs is 2. The lowest BCUT2D eigenvalue weighted by molar-refractivity contribution is -0.0704. The van der Waals surface area contributed by atoms with Crippen LogP contribution in [0.4, 0.5) is 0 Å². The highest BCUT2D eigenvalue weighted by Crippen LogP contribution is 2.30. The predicted octanol–water partition coefficient (Wildman–Crippen LogP) is 0.0690. The highest BCUT2D eigenvalue weighted by molar-refractivity contribution is 4.94. The fraction of sp³-hybridized carbons (Fsp3) is 1.00. The highest BCUT2D eigenvalue weighted by atomic mass is 16.5. The lowest BCUT2D eigenvalue weighted by Crippen LogP contribution is -2.53. The summed E-state index contributed by atoms with van der Waals surface area (Å²) in [4.78, 5) is 2.68. The quantitative estimate of drug-likeness (QED) is 0.621. The van der Waals surface area contributed by atoms with Crippen LogP contribution in [0.1, 0.15) is 12.8 Å². The molecule has 3 saturated heterocycles. The summed E-state index contributed by atoms with van der Waals surface area (Å²) in [5.41, 5.74) is 0. The second kappa shape index (κ2) is 3.23. The Balaban J connectivity index is 1.69. The van der Waals surface area contributed by atoms with E-state index >= 15 is 0 Å². The van der Waals surface area contributed by atoms with E-state index < -0.39 is 0 Å². The van der Waals surface area contributed by atoms with Crippen molar-refractivity contribution in [1.82, 2.24) is 10.2 Å². The Labute approximate surface area is 79.4 Å². The Morgan fingerprint density at radius 1 is 1.23 bits per heavy atom. The van der Waals surface area contributed by atoms with E-state index in [0.29, 0.717) is 0 Å². The topological polar surface area (TPSA) is 24.5 Å². The fourth-order valence-corrected chi connectivity index (χ4v) is 2.89. The molecular weight excluding hydrogens is 164 g/mol. The summed E-state index contributed by atoms with van der Waals surface area (Å²) >= 11 is 0. The van der Waals surface area contributed by atoms with E-state index in [9.17, 15) is 0 Å². The second-order valence-corrected chi connectivity index (χ2v) is 4.64. The summed E-state index contributed by atoms with van der Waals surface area (Å²) in [6, 6.07) is 1.55. The van der Waals surface area contributed by atoms with E-state index in [2.05, 4.69) is 10.2 Å². The summed E-state index contributed by atoms with van der Waals surface area (Å²) in [6.45, 7) is 5.72. The summed E-state index contributed by atoms with van der Waals surface area (Å²) in [7, 11) is 0. The molecule has 0 aromatic carbocycles. The van der Waals surface area contributed by atoms with Crippen LogP contribution < -0.4 is 5.32 Å². The van der Waals surface area contributed by atoms with Crippen LogP contribution in [0, 0.1) is 5.92 Å². The van der Waals surface area contributed by atoms with Crippen LogP contribution >= 0.6 is 0 Å². The second-order valence-electron chi connectivity index (χ2n) is 4.64. The third-order valence-electron chi connectivity index (χ3n) is 3.74. The van der Waals surface area contributed by atoms with Gasteiger partial charge >= 0.3 is 0 Å². The molecule has 3 rings (SSSR count). The molecule has 2 bridgehead atoms. The smallest absolute Gasteiger partial charge is 0.0645 e. The summed E-state index contributed by atoms with van der Waals surface area (Å²) < 4.78 is 5.26. The van der Waals surface area contributed by atoms with Gasteiger partial charge in [0.1, 0.15) is 0 Å². The molecule has 0 radical (unpaired) electrons. The van der Waals surface area contributed by atoms with Crippen molar-refractivity contribution in [3.05, 3.63) is 0 Å². The van der Waals surface area contributed by atoms with Crippen LogP contribution in [0.2, 0.25) is 0 Å². The molecule has 3 aliphatic heterocycles. The average molecular weight is 182 g/mol. The molecule has 74 valence electrons. The van der Waals surface area contributed by atoms with Gasteiger partial charge < -0.3 is 10.1 Å². The van der Waals surface area contributed by atoms with Crippen LogP contribution in [0.15, 0.2) is 0 Å². The molecule has 0 aromatic heterocycles. The molecule has 0 spiro atoms. The van der Waals surface area contributed by atoms with Gasteiger partial charge in [0.2, 0.25) is 0 Å². The first kappa shape index (κ1) is 8.21. The normalized spacial score (nSPS) is 41.5. The molecule has 3 nitrogen and oxygen atoms in total. The van der Waals surface area contributed by atoms with E-state index in [1.54, 1.807) is 0 Å². The highest BCUT2D eigenvalue weighted by Gasteiger charge is 2.39. The van der Waals surface area contributed by atoms with Crippen molar-refractivity contribution in [2.24, 2.45) is 5.92 Å². The molecule has 13 heavy (non-hydrogen) atoms. The lowest BCUT2D eigenvalue weighted by atomic mass is 10.0. The molecule has 0 amide bonds. The number of likely N-dealkylation sites (tertiary alicyclic amines) is 1. The molecular formula is C10H18N2O. The summed E-state index contributed by atoms with van der Waals surface area (Å²) in [5.74, 6) is 0.959. The maximum Gasteiger partial charge on any atom is 0.0645 e. The number of ether oxygens (including phenoxy) is 1. The Morgan fingerprint density at radius 3 is 2.92 bits per heavy atom. The number of hydrogen-bond acceptors (Lipinski definition) is 3. The van der Waals surface area contributed by atoms with E-state index in [0.717, 1.165) is 31.2 Å². The molecule has 2 unspecified atom stereocenters. The standard InChI is InChI=1S/C10H18N2O/c1-2-11-4-9-3-8(1)5-12(9)10-6-13-7-10/h8-11H,1-7H2. The van der Waals surface area contributed by atoms with Crippen molar-refractivity contribution >= 4 is 0 Å². The zero-order chi connectivity index (χ0) is 8.67. The van der Waals surface area contributed by atoms with Gasteiger partial charge in [-0.1, -0.05) is 0 Å². The minimum Gasteiger partial charge on any atom is -0.378 e. The molecule has 3 fully saturated rings. The molecule has 1 N–H and O–H groups in total. The third-order valence-corrected chi connectivity index (χ3v) is 3.74. The van der Waals surface area contributed by atoms with Gasteiger partial charge in [-0.25, -0.2) is 0 Å². The van der Waals surface area contributed by atoms with Crippen LogP contribution in [-0.2, 0) is 4.74 Å². The van der Waals surface area contributed by atoms with Gasteiger partial charge in [0.25, 0.3) is 0 Å². The largest absolute Gasteiger partial charge is 0.378 e. The number of hydrogen-bond donors (Lipinski definition) is 1. The number of nitrogens with zero attached hydrogens (tertiary/aromatic N) is 1. The molecule has 3 heteroatoms. The van der Waals surface area contributed by atoms with Gasteiger partial charge in [0.15, 0.2) is 0 Å². The van der Waals surface area contributed by atoms with E-state index in [1.165, 1.54) is 32.5 Å². The lowest BCUT2D eigenvalue weighted by Gasteiger charge is -2.39. The maximum atomic E-state index is 5.26. The maximum absolute atomic E-state index is 5.26. The first-order valence-corrected chi connectivity index (χ1v) is 5.47. The molecule has 0 aliphatic carbocycles. The molecule has 0 aromatic rings. The zero-order valence-corrected chi connectivity index (χ0v) is 8.04. The van der Waals surface area contributed by atoms with Crippen LogP contribution in [0.5, 0.6) is 0 Å². The Morgan fingerprint density at radius 2 is 2.15 bits per heavy atom.